The minimum absolute atomic E-state index is 0.211. The van der Waals surface area contributed by atoms with E-state index < -0.39 is 9.52 Å². The lowest BCUT2D eigenvalue weighted by Gasteiger charge is -2.11. The molecule has 1 atom stereocenters. The van der Waals surface area contributed by atoms with E-state index in [9.17, 15) is 9.00 Å². The first-order valence-corrected chi connectivity index (χ1v) is 13.1. The number of carbonyl (C=O) groups is 1. The topological polar surface area (TPSA) is 90.4 Å². The first kappa shape index (κ1) is 25.4. The molecule has 0 bridgehead atoms. The molecule has 1 unspecified atom stereocenters. The van der Waals surface area contributed by atoms with Crippen molar-refractivity contribution in [1.29, 1.82) is 0 Å². The standard InChI is InChI=1S/C19H21N3O2S2.C4H8O2/c1-4-11-24-18-16(17-6-5-12-25-17)13-20-19(22-18)21-14-7-9-15(10-8-14)26(2,3)23;1-3-6-4(2)5/h5-10,12-13H,2,4,11H2,1,3H3,(H,20,21,22);3H2,1-2H3. The number of esters is 1. The quantitative estimate of drug-likeness (QED) is 0.362. The second-order valence-electron chi connectivity index (χ2n) is 6.82. The smallest absolute Gasteiger partial charge is 0.302 e. The van der Waals surface area contributed by atoms with E-state index in [0.29, 0.717) is 29.9 Å². The Morgan fingerprint density at radius 2 is 1.94 bits per heavy atom. The van der Waals surface area contributed by atoms with Crippen LogP contribution < -0.4 is 10.1 Å². The number of aromatic nitrogens is 2. The van der Waals surface area contributed by atoms with Crippen molar-refractivity contribution >= 4 is 44.3 Å². The van der Waals surface area contributed by atoms with E-state index in [1.807, 2.05) is 29.6 Å². The molecule has 32 heavy (non-hydrogen) atoms. The van der Waals surface area contributed by atoms with Gasteiger partial charge in [-0.3, -0.25) is 9.00 Å². The van der Waals surface area contributed by atoms with Gasteiger partial charge in [-0.1, -0.05) is 13.0 Å². The van der Waals surface area contributed by atoms with Gasteiger partial charge in [0.1, 0.15) is 0 Å². The number of hydrogen-bond donors (Lipinski definition) is 1. The highest BCUT2D eigenvalue weighted by Crippen LogP contribution is 2.32. The van der Waals surface area contributed by atoms with Gasteiger partial charge in [-0.25, -0.2) is 4.98 Å². The van der Waals surface area contributed by atoms with E-state index in [0.717, 1.165) is 22.5 Å². The van der Waals surface area contributed by atoms with Crippen molar-refractivity contribution in [1.82, 2.24) is 9.97 Å². The van der Waals surface area contributed by atoms with Crippen LogP contribution >= 0.6 is 11.3 Å². The van der Waals surface area contributed by atoms with Crippen LogP contribution in [0.5, 0.6) is 5.88 Å². The lowest BCUT2D eigenvalue weighted by Crippen LogP contribution is -2.04. The molecule has 9 heteroatoms. The molecule has 0 amide bonds. The number of nitrogens with one attached hydrogen (secondary N) is 1. The van der Waals surface area contributed by atoms with Crippen molar-refractivity contribution in [3.63, 3.8) is 0 Å². The van der Waals surface area contributed by atoms with Crippen molar-refractivity contribution in [3.05, 3.63) is 48.0 Å². The molecule has 1 aromatic carbocycles. The van der Waals surface area contributed by atoms with E-state index in [2.05, 4.69) is 32.8 Å². The van der Waals surface area contributed by atoms with Crippen LogP contribution in [0.3, 0.4) is 0 Å². The average molecular weight is 476 g/mol. The highest BCUT2D eigenvalue weighted by atomic mass is 32.2. The summed E-state index contributed by atoms with van der Waals surface area (Å²) in [7, 11) is -2.22. The molecular formula is C23H29N3O4S2. The molecule has 0 saturated carbocycles. The third-order valence-electron chi connectivity index (χ3n) is 3.94. The Kier molecular flexibility index (Phi) is 9.67. The van der Waals surface area contributed by atoms with E-state index in [-0.39, 0.29) is 5.97 Å². The van der Waals surface area contributed by atoms with Gasteiger partial charge in [0.2, 0.25) is 11.8 Å². The van der Waals surface area contributed by atoms with Crippen LogP contribution in [-0.4, -0.2) is 45.5 Å². The van der Waals surface area contributed by atoms with E-state index in [1.165, 1.54) is 6.92 Å². The second-order valence-corrected chi connectivity index (χ2v) is 10.2. The maximum Gasteiger partial charge on any atom is 0.302 e. The number of hydrogen-bond acceptors (Lipinski definition) is 8. The summed E-state index contributed by atoms with van der Waals surface area (Å²) in [4.78, 5) is 20.5. The molecule has 2 aromatic heterocycles. The van der Waals surface area contributed by atoms with Gasteiger partial charge in [-0.15, -0.1) is 11.3 Å². The zero-order valence-corrected chi connectivity index (χ0v) is 20.4. The monoisotopic (exact) mass is 475 g/mol. The molecule has 1 N–H and O–H groups in total. The van der Waals surface area contributed by atoms with Crippen LogP contribution in [-0.2, 0) is 19.1 Å². The summed E-state index contributed by atoms with van der Waals surface area (Å²) < 4.78 is 22.2. The fourth-order valence-corrected chi connectivity index (χ4v) is 3.93. The Hall–Kier alpha value is -2.91. The minimum Gasteiger partial charge on any atom is -0.477 e. The maximum atomic E-state index is 12.0. The Bertz CT molecular complexity index is 1100. The molecular weight excluding hydrogens is 446 g/mol. The number of rotatable bonds is 8. The van der Waals surface area contributed by atoms with E-state index in [1.54, 1.807) is 42.8 Å². The van der Waals surface area contributed by atoms with Gasteiger partial charge in [0.25, 0.3) is 0 Å². The van der Waals surface area contributed by atoms with Crippen molar-refractivity contribution in [2.45, 2.75) is 32.1 Å². The SMILES string of the molecule is C=S(C)(=O)c1ccc(Nc2ncc(-c3cccs3)c(OCCC)n2)cc1.CCOC(C)=O. The van der Waals surface area contributed by atoms with Crippen LogP contribution in [0, 0.1) is 0 Å². The van der Waals surface area contributed by atoms with Gasteiger partial charge in [0, 0.05) is 34.8 Å². The van der Waals surface area contributed by atoms with E-state index >= 15 is 0 Å². The highest BCUT2D eigenvalue weighted by molar-refractivity contribution is 7.99. The van der Waals surface area contributed by atoms with Gasteiger partial charge >= 0.3 is 5.97 Å². The van der Waals surface area contributed by atoms with Crippen molar-refractivity contribution in [2.75, 3.05) is 24.8 Å². The Balaban J connectivity index is 0.000000534. The Morgan fingerprint density at radius 3 is 2.44 bits per heavy atom. The summed E-state index contributed by atoms with van der Waals surface area (Å²) in [5.74, 6) is 4.51. The third kappa shape index (κ3) is 7.97. The molecule has 3 aromatic rings. The predicted octanol–water partition coefficient (Wildman–Crippen LogP) is 5.01. The molecule has 0 aliphatic carbocycles. The number of ether oxygens (including phenoxy) is 2. The predicted molar refractivity (Wildman–Crippen MR) is 133 cm³/mol. The first-order chi connectivity index (χ1) is 15.2. The molecule has 0 aliphatic rings. The summed E-state index contributed by atoms with van der Waals surface area (Å²) in [5, 5.41) is 5.17. The molecule has 0 radical (unpaired) electrons. The third-order valence-corrected chi connectivity index (χ3v) is 6.11. The molecule has 7 nitrogen and oxygen atoms in total. The Labute approximate surface area is 193 Å². The van der Waals surface area contributed by atoms with Crippen LogP contribution in [0.15, 0.2) is 52.9 Å². The van der Waals surface area contributed by atoms with Crippen LogP contribution in [0.1, 0.15) is 27.2 Å². The van der Waals surface area contributed by atoms with Crippen LogP contribution in [0.4, 0.5) is 11.6 Å². The summed E-state index contributed by atoms with van der Waals surface area (Å²) in [6.07, 6.45) is 4.30. The lowest BCUT2D eigenvalue weighted by atomic mass is 10.2. The summed E-state index contributed by atoms with van der Waals surface area (Å²) in [6, 6.07) is 11.3. The normalized spacial score (nSPS) is 12.1. The zero-order chi connectivity index (χ0) is 23.6. The van der Waals surface area contributed by atoms with Gasteiger partial charge in [-0.05, 0) is 64.4 Å². The zero-order valence-electron chi connectivity index (χ0n) is 18.8. The minimum atomic E-state index is -2.22. The number of anilines is 2. The van der Waals surface area contributed by atoms with Crippen LogP contribution in [0.2, 0.25) is 0 Å². The summed E-state index contributed by atoms with van der Waals surface area (Å²) in [6.45, 7) is 6.30. The molecule has 0 spiro atoms. The molecule has 2 heterocycles. The molecule has 0 aliphatic heterocycles. The largest absolute Gasteiger partial charge is 0.477 e. The van der Waals surface area contributed by atoms with Crippen molar-refractivity contribution in [2.24, 2.45) is 0 Å². The number of nitrogens with zero attached hydrogens (tertiary/aromatic N) is 2. The van der Waals surface area contributed by atoms with Crippen molar-refractivity contribution < 1.29 is 18.5 Å². The summed E-state index contributed by atoms with van der Waals surface area (Å²) >= 11 is 1.62. The highest BCUT2D eigenvalue weighted by Gasteiger charge is 2.12. The van der Waals surface area contributed by atoms with Crippen LogP contribution in [0.25, 0.3) is 10.4 Å². The number of benzene rings is 1. The lowest BCUT2D eigenvalue weighted by molar-refractivity contribution is -0.140. The first-order valence-electron chi connectivity index (χ1n) is 10.1. The fraction of sp³-hybridized carbons (Fsp3) is 0.304. The van der Waals surface area contributed by atoms with Gasteiger partial charge < -0.3 is 14.8 Å². The van der Waals surface area contributed by atoms with Gasteiger partial charge in [0.05, 0.1) is 18.8 Å². The average Bonchev–Trinajstić information content (AvgIpc) is 3.27. The number of carbonyl (C=O) groups excluding carboxylic acids is 1. The Morgan fingerprint density at radius 1 is 1.22 bits per heavy atom. The number of thiophene rings is 1. The fourth-order valence-electron chi connectivity index (χ4n) is 2.49. The molecule has 172 valence electrons. The maximum absolute atomic E-state index is 12.0. The van der Waals surface area contributed by atoms with Gasteiger partial charge in [0.15, 0.2) is 0 Å². The van der Waals surface area contributed by atoms with E-state index in [4.69, 9.17) is 4.74 Å². The second kappa shape index (κ2) is 12.2. The molecule has 0 fully saturated rings. The van der Waals surface area contributed by atoms with Gasteiger partial charge in [-0.2, -0.15) is 4.98 Å². The van der Waals surface area contributed by atoms with Crippen molar-refractivity contribution in [3.8, 4) is 16.3 Å². The molecule has 3 rings (SSSR count). The summed E-state index contributed by atoms with van der Waals surface area (Å²) in [5.41, 5.74) is 1.69. The molecule has 0 saturated heterocycles.